The van der Waals surface area contributed by atoms with Gasteiger partial charge in [0.05, 0.1) is 35.1 Å². The van der Waals surface area contributed by atoms with Gasteiger partial charge < -0.3 is 18.9 Å². The molecule has 4 bridgehead atoms. The topological polar surface area (TPSA) is 36.9 Å². The van der Waals surface area contributed by atoms with Crippen LogP contribution in [0.15, 0.2) is 0 Å². The molecule has 0 aromatic heterocycles. The first-order valence-electron chi connectivity index (χ1n) is 7.58. The molecule has 6 heteroatoms. The number of hydrogen-bond acceptors (Lipinski definition) is 4. The fourth-order valence-electron chi connectivity index (χ4n) is 7.71. The Hall–Kier alpha value is 0.800. The Balaban J connectivity index is 1.53. The molecule has 2 heterocycles. The molecule has 0 aromatic rings. The van der Waals surface area contributed by atoms with Crippen molar-refractivity contribution in [3.8, 4) is 0 Å². The fourth-order valence-corrected chi connectivity index (χ4v) is 11.0. The van der Waals surface area contributed by atoms with Crippen molar-refractivity contribution in [3.05, 3.63) is 0 Å². The van der Waals surface area contributed by atoms with Gasteiger partial charge in [-0.15, -0.1) is 0 Å². The lowest BCUT2D eigenvalue weighted by molar-refractivity contribution is -0.229. The Labute approximate surface area is 133 Å². The summed E-state index contributed by atoms with van der Waals surface area (Å²) in [7, 11) is 0. The van der Waals surface area contributed by atoms with E-state index in [1.807, 2.05) is 0 Å². The van der Waals surface area contributed by atoms with Gasteiger partial charge in [0.2, 0.25) is 0 Å². The largest absolute Gasteiger partial charge is 0.346 e. The van der Waals surface area contributed by atoms with E-state index in [1.165, 1.54) is 0 Å². The minimum atomic E-state index is -0.414. The molecule has 8 fully saturated rings. The molecule has 0 radical (unpaired) electrons. The molecule has 6 saturated carbocycles. The molecule has 8 rings (SSSR count). The standard InChI is InChI=1S/C14H14Br2O4/c15-11-5-6-8(11)10-9(13(11)17-1-2-18-13)7(5)12(6,16)14(10)19-3-4-20-14/h5-10H,1-4H2. The SMILES string of the molecule is BrC12C3C4C(C5C1C3C5(Br)C41OCCO1)C21OCCO1. The van der Waals surface area contributed by atoms with Crippen LogP contribution in [0, 0.1) is 35.5 Å². The molecule has 6 aliphatic carbocycles. The monoisotopic (exact) mass is 404 g/mol. The highest BCUT2D eigenvalue weighted by atomic mass is 79.9. The molecule has 0 amide bonds. The molecular weight excluding hydrogens is 392 g/mol. The van der Waals surface area contributed by atoms with Gasteiger partial charge in [0.25, 0.3) is 0 Å². The number of hydrogen-bond donors (Lipinski definition) is 0. The van der Waals surface area contributed by atoms with E-state index < -0.39 is 11.6 Å². The van der Waals surface area contributed by atoms with Gasteiger partial charge in [-0.05, 0) is 23.7 Å². The smallest absolute Gasteiger partial charge is 0.188 e. The van der Waals surface area contributed by atoms with E-state index in [4.69, 9.17) is 18.9 Å². The third-order valence-corrected chi connectivity index (χ3v) is 10.9. The molecule has 4 nitrogen and oxygen atoms in total. The molecule has 2 saturated heterocycles. The van der Waals surface area contributed by atoms with Crippen molar-refractivity contribution in [1.82, 2.24) is 0 Å². The van der Waals surface area contributed by atoms with Gasteiger partial charge in [0.15, 0.2) is 11.6 Å². The van der Waals surface area contributed by atoms with Crippen molar-refractivity contribution >= 4 is 31.9 Å². The van der Waals surface area contributed by atoms with Crippen LogP contribution in [0.3, 0.4) is 0 Å². The fraction of sp³-hybridized carbons (Fsp3) is 1.00. The summed E-state index contributed by atoms with van der Waals surface area (Å²) in [5, 5.41) is 0. The maximum atomic E-state index is 6.23. The molecule has 8 atom stereocenters. The van der Waals surface area contributed by atoms with Crippen LogP contribution in [-0.2, 0) is 18.9 Å². The van der Waals surface area contributed by atoms with Crippen molar-refractivity contribution < 1.29 is 18.9 Å². The minimum Gasteiger partial charge on any atom is -0.346 e. The predicted octanol–water partition coefficient (Wildman–Crippen LogP) is 1.51. The van der Waals surface area contributed by atoms with Crippen LogP contribution in [0.5, 0.6) is 0 Å². The van der Waals surface area contributed by atoms with E-state index in [0.717, 1.165) is 26.4 Å². The van der Waals surface area contributed by atoms with Gasteiger partial charge in [0.1, 0.15) is 0 Å². The zero-order chi connectivity index (χ0) is 13.1. The summed E-state index contributed by atoms with van der Waals surface area (Å²) in [6.45, 7) is 2.88. The zero-order valence-corrected chi connectivity index (χ0v) is 13.9. The molecule has 0 N–H and O–H groups in total. The molecule has 20 heavy (non-hydrogen) atoms. The van der Waals surface area contributed by atoms with E-state index in [9.17, 15) is 0 Å². The summed E-state index contributed by atoms with van der Waals surface area (Å²) in [6, 6.07) is 0. The van der Waals surface area contributed by atoms with Gasteiger partial charge in [-0.3, -0.25) is 0 Å². The average molecular weight is 406 g/mol. The number of halogens is 2. The van der Waals surface area contributed by atoms with Crippen molar-refractivity contribution in [3.63, 3.8) is 0 Å². The van der Waals surface area contributed by atoms with Crippen LogP contribution < -0.4 is 0 Å². The Morgan fingerprint density at radius 3 is 1.20 bits per heavy atom. The Morgan fingerprint density at radius 1 is 0.550 bits per heavy atom. The van der Waals surface area contributed by atoms with Crippen LogP contribution >= 0.6 is 31.9 Å². The summed E-state index contributed by atoms with van der Waals surface area (Å²) < 4.78 is 25.0. The quantitative estimate of drug-likeness (QED) is 0.572. The molecule has 0 aromatic carbocycles. The maximum Gasteiger partial charge on any atom is 0.188 e. The van der Waals surface area contributed by atoms with Gasteiger partial charge in [-0.25, -0.2) is 0 Å². The van der Waals surface area contributed by atoms with E-state index in [2.05, 4.69) is 31.9 Å². The van der Waals surface area contributed by atoms with Crippen molar-refractivity contribution in [2.24, 2.45) is 35.5 Å². The van der Waals surface area contributed by atoms with Gasteiger partial charge in [0, 0.05) is 11.8 Å². The van der Waals surface area contributed by atoms with Crippen LogP contribution in [0.1, 0.15) is 0 Å². The summed E-state index contributed by atoms with van der Waals surface area (Å²) in [6.07, 6.45) is 0. The van der Waals surface area contributed by atoms with Crippen LogP contribution in [0.2, 0.25) is 0 Å². The Bertz CT molecular complexity index is 522. The second-order valence-corrected chi connectivity index (χ2v) is 10.0. The summed E-state index contributed by atoms with van der Waals surface area (Å²) >= 11 is 8.19. The highest BCUT2D eigenvalue weighted by Gasteiger charge is 3.08. The lowest BCUT2D eigenvalue weighted by Crippen LogP contribution is -2.76. The Kier molecular flexibility index (Phi) is 1.54. The lowest BCUT2D eigenvalue weighted by atomic mass is 9.40. The van der Waals surface area contributed by atoms with Gasteiger partial charge in [-0.2, -0.15) is 0 Å². The normalized spacial score (nSPS) is 71.1. The van der Waals surface area contributed by atoms with Crippen molar-refractivity contribution in [2.75, 3.05) is 26.4 Å². The molecule has 8 unspecified atom stereocenters. The predicted molar refractivity (Wildman–Crippen MR) is 73.5 cm³/mol. The van der Waals surface area contributed by atoms with Crippen LogP contribution in [0.25, 0.3) is 0 Å². The lowest BCUT2D eigenvalue weighted by Gasteiger charge is -2.70. The molecule has 8 aliphatic rings. The van der Waals surface area contributed by atoms with Crippen molar-refractivity contribution in [2.45, 2.75) is 20.2 Å². The minimum absolute atomic E-state index is 0.0112. The zero-order valence-electron chi connectivity index (χ0n) is 10.7. The number of ether oxygens (including phenoxy) is 4. The van der Waals surface area contributed by atoms with Crippen LogP contribution in [-0.4, -0.2) is 46.7 Å². The second kappa shape index (κ2) is 2.71. The third-order valence-electron chi connectivity index (χ3n) is 7.64. The molecular formula is C14H14Br2O4. The van der Waals surface area contributed by atoms with Crippen LogP contribution in [0.4, 0.5) is 0 Å². The maximum absolute atomic E-state index is 6.23. The summed E-state index contributed by atoms with van der Waals surface area (Å²) in [4.78, 5) is 0. The molecule has 2 spiro atoms. The van der Waals surface area contributed by atoms with E-state index in [0.29, 0.717) is 35.5 Å². The van der Waals surface area contributed by atoms with E-state index in [-0.39, 0.29) is 8.65 Å². The Morgan fingerprint density at radius 2 is 0.850 bits per heavy atom. The van der Waals surface area contributed by atoms with E-state index in [1.54, 1.807) is 0 Å². The van der Waals surface area contributed by atoms with Gasteiger partial charge >= 0.3 is 0 Å². The van der Waals surface area contributed by atoms with Gasteiger partial charge in [-0.1, -0.05) is 31.9 Å². The first-order valence-corrected chi connectivity index (χ1v) is 9.17. The second-order valence-electron chi connectivity index (χ2n) is 7.42. The molecule has 2 aliphatic heterocycles. The summed E-state index contributed by atoms with van der Waals surface area (Å²) in [5.74, 6) is 2.47. The number of alkyl halides is 2. The van der Waals surface area contributed by atoms with Crippen molar-refractivity contribution in [1.29, 1.82) is 0 Å². The summed E-state index contributed by atoms with van der Waals surface area (Å²) in [5.41, 5.74) is 0. The third kappa shape index (κ3) is 0.636. The average Bonchev–Trinajstić information content (AvgIpc) is 3.19. The highest BCUT2D eigenvalue weighted by Crippen LogP contribution is 2.99. The molecule has 108 valence electrons. The first kappa shape index (κ1) is 11.4. The van der Waals surface area contributed by atoms with E-state index >= 15 is 0 Å². The number of rotatable bonds is 0. The first-order chi connectivity index (χ1) is 9.65. The highest BCUT2D eigenvalue weighted by molar-refractivity contribution is 9.10.